The van der Waals surface area contributed by atoms with Crippen LogP contribution in [0.1, 0.15) is 29.4 Å². The van der Waals surface area contributed by atoms with Gasteiger partial charge in [0.25, 0.3) is 0 Å². The average Bonchev–Trinajstić information content (AvgIpc) is 3.15. The molecule has 0 atom stereocenters. The molecule has 0 radical (unpaired) electrons. The lowest BCUT2D eigenvalue weighted by atomic mass is 10.1. The summed E-state index contributed by atoms with van der Waals surface area (Å²) in [5, 5.41) is 4.23. The Morgan fingerprint density at radius 1 is 1.54 bits per heavy atom. The second-order valence-electron chi connectivity index (χ2n) is 5.68. The molecule has 0 aliphatic heterocycles. The number of allylic oxidation sites excluding steroid dienone is 2. The summed E-state index contributed by atoms with van der Waals surface area (Å²) in [6.45, 7) is 7.70. The Morgan fingerprint density at radius 2 is 2.31 bits per heavy atom. The van der Waals surface area contributed by atoms with Crippen LogP contribution in [-0.4, -0.2) is 31.3 Å². The van der Waals surface area contributed by atoms with E-state index in [2.05, 4.69) is 27.6 Å². The quantitative estimate of drug-likeness (QED) is 0.435. The molecule has 1 N–H and O–H groups in total. The minimum absolute atomic E-state index is 0.342. The van der Waals surface area contributed by atoms with Crippen molar-refractivity contribution in [2.45, 2.75) is 20.3 Å². The Balaban J connectivity index is 2.32. The number of aromatic amines is 1. The van der Waals surface area contributed by atoms with E-state index in [4.69, 9.17) is 11.2 Å². The maximum atomic E-state index is 12.6. The lowest BCUT2D eigenvalue weighted by molar-refractivity contribution is 0.371. The van der Waals surface area contributed by atoms with Crippen LogP contribution < -0.4 is 5.69 Å². The topological polar surface area (TPSA) is 77.2 Å². The predicted molar refractivity (Wildman–Crippen MR) is 100 cm³/mol. The molecule has 3 aromatic heterocycles. The molecule has 0 amide bonds. The molecule has 0 aliphatic rings. The molecule has 0 fully saturated rings. The Morgan fingerprint density at radius 3 is 2.96 bits per heavy atom. The Kier molecular flexibility index (Phi) is 4.50. The van der Waals surface area contributed by atoms with E-state index >= 15 is 0 Å². The number of H-pyrrole nitrogens is 1. The van der Waals surface area contributed by atoms with Crippen molar-refractivity contribution in [1.29, 1.82) is 0 Å². The minimum atomic E-state index is -0.342. The van der Waals surface area contributed by atoms with Gasteiger partial charge in [0, 0.05) is 18.2 Å². The molecule has 0 saturated carbocycles. The van der Waals surface area contributed by atoms with E-state index in [0.29, 0.717) is 34.9 Å². The zero-order chi connectivity index (χ0) is 18.8. The maximum Gasteiger partial charge on any atom is 0.332 e. The summed E-state index contributed by atoms with van der Waals surface area (Å²) in [6.07, 6.45) is 13.2. The van der Waals surface area contributed by atoms with Gasteiger partial charge in [0.2, 0.25) is 0 Å². The van der Waals surface area contributed by atoms with Crippen molar-refractivity contribution in [3.05, 3.63) is 64.3 Å². The number of nitrogens with one attached hydrogen (secondary N) is 1. The van der Waals surface area contributed by atoms with E-state index in [-0.39, 0.29) is 5.69 Å². The number of fused-ring (bicyclic) bond motifs is 1. The molecule has 3 heterocycles. The molecule has 26 heavy (non-hydrogen) atoms. The van der Waals surface area contributed by atoms with Crippen LogP contribution in [0.5, 0.6) is 0 Å². The normalized spacial score (nSPS) is 11.2. The highest BCUT2D eigenvalue weighted by molar-refractivity contribution is 5.76. The van der Waals surface area contributed by atoms with Crippen LogP contribution in [0, 0.1) is 19.3 Å². The van der Waals surface area contributed by atoms with Crippen LogP contribution in [0.2, 0.25) is 0 Å². The van der Waals surface area contributed by atoms with Gasteiger partial charge in [-0.25, -0.2) is 18.9 Å². The van der Waals surface area contributed by atoms with Gasteiger partial charge in [-0.15, -0.1) is 6.42 Å². The average molecular weight is 349 g/mol. The van der Waals surface area contributed by atoms with Crippen molar-refractivity contribution in [3.8, 4) is 18.2 Å². The number of nitrogens with zero attached hydrogens (tertiary/aromatic N) is 4. The largest absolute Gasteiger partial charge is 0.497 e. The molecule has 7 nitrogen and oxygen atoms in total. The predicted octanol–water partition coefficient (Wildman–Crippen LogP) is 2.23. The summed E-state index contributed by atoms with van der Waals surface area (Å²) < 4.78 is 8.28. The fourth-order valence-electron chi connectivity index (χ4n) is 2.91. The Bertz CT molecular complexity index is 1120. The molecule has 3 aromatic rings. The number of methoxy groups -OCH3 is 1. The van der Waals surface area contributed by atoms with Gasteiger partial charge in [-0.1, -0.05) is 18.7 Å². The van der Waals surface area contributed by atoms with E-state index in [1.807, 2.05) is 26.0 Å². The van der Waals surface area contributed by atoms with Crippen molar-refractivity contribution < 1.29 is 4.74 Å². The first-order chi connectivity index (χ1) is 12.5. The van der Waals surface area contributed by atoms with Gasteiger partial charge in [0.15, 0.2) is 5.82 Å². The summed E-state index contributed by atoms with van der Waals surface area (Å²) >= 11 is 0. The number of imidazole rings is 1. The first-order valence-corrected chi connectivity index (χ1v) is 8.01. The number of aromatic nitrogens is 5. The molecule has 0 unspecified atom stereocenters. The number of hydrogen-bond donors (Lipinski definition) is 1. The number of hydrogen-bond acceptors (Lipinski definition) is 4. The molecule has 0 aromatic carbocycles. The van der Waals surface area contributed by atoms with Gasteiger partial charge in [-0.05, 0) is 25.3 Å². The van der Waals surface area contributed by atoms with Crippen molar-refractivity contribution in [2.24, 2.45) is 0 Å². The molecule has 0 spiro atoms. The number of rotatable bonds is 5. The van der Waals surface area contributed by atoms with Gasteiger partial charge in [-0.3, -0.25) is 0 Å². The van der Waals surface area contributed by atoms with Gasteiger partial charge < -0.3 is 9.72 Å². The van der Waals surface area contributed by atoms with E-state index in [0.717, 1.165) is 11.1 Å². The first-order valence-electron chi connectivity index (χ1n) is 8.01. The van der Waals surface area contributed by atoms with Gasteiger partial charge in [0.05, 0.1) is 12.8 Å². The lowest BCUT2D eigenvalue weighted by Crippen LogP contribution is -2.18. The fourth-order valence-corrected chi connectivity index (χ4v) is 2.91. The third-order valence-electron chi connectivity index (χ3n) is 4.23. The standard InChI is InChI=1S/C19H19N5O2/c1-6-8-9-15-16(7-2)24(19(25)22-15)18-17-12(3)14(13(4)26-5)10-23(17)21-11-20-18/h2,6,8,10-11H,4,9H2,1,3,5H3,(H,22,25)/b8-6-. The van der Waals surface area contributed by atoms with Gasteiger partial charge in [0.1, 0.15) is 23.3 Å². The highest BCUT2D eigenvalue weighted by Crippen LogP contribution is 2.26. The molecule has 0 bridgehead atoms. The zero-order valence-corrected chi connectivity index (χ0v) is 14.9. The van der Waals surface area contributed by atoms with Crippen LogP contribution in [0.4, 0.5) is 0 Å². The smallest absolute Gasteiger partial charge is 0.332 e. The van der Waals surface area contributed by atoms with Crippen LogP contribution in [0.3, 0.4) is 0 Å². The van der Waals surface area contributed by atoms with Crippen LogP contribution in [0.15, 0.2) is 36.0 Å². The second kappa shape index (κ2) is 6.76. The van der Waals surface area contributed by atoms with Crippen molar-refractivity contribution in [1.82, 2.24) is 24.1 Å². The third-order valence-corrected chi connectivity index (χ3v) is 4.23. The van der Waals surface area contributed by atoms with E-state index < -0.39 is 0 Å². The van der Waals surface area contributed by atoms with Gasteiger partial charge >= 0.3 is 5.69 Å². The molecule has 0 aliphatic carbocycles. The summed E-state index contributed by atoms with van der Waals surface area (Å²) in [5.74, 6) is 3.52. The van der Waals surface area contributed by atoms with E-state index in [1.165, 1.54) is 10.9 Å². The first kappa shape index (κ1) is 17.3. The highest BCUT2D eigenvalue weighted by atomic mass is 16.5. The number of terminal acetylenes is 1. The Hall–Kier alpha value is -3.53. The summed E-state index contributed by atoms with van der Waals surface area (Å²) in [5.41, 5.74) is 3.06. The summed E-state index contributed by atoms with van der Waals surface area (Å²) in [7, 11) is 1.55. The molecular formula is C19H19N5O2. The van der Waals surface area contributed by atoms with Crippen LogP contribution in [-0.2, 0) is 11.2 Å². The lowest BCUT2D eigenvalue weighted by Gasteiger charge is -2.06. The van der Waals surface area contributed by atoms with Crippen molar-refractivity contribution >= 4 is 11.3 Å². The fraction of sp³-hybridized carbons (Fsp3) is 0.211. The summed E-state index contributed by atoms with van der Waals surface area (Å²) in [6, 6.07) is 0. The third kappa shape index (κ3) is 2.62. The molecule has 3 rings (SSSR count). The Labute approximate surface area is 150 Å². The summed E-state index contributed by atoms with van der Waals surface area (Å²) in [4.78, 5) is 19.8. The molecule has 0 saturated heterocycles. The number of ether oxygens (including phenoxy) is 1. The second-order valence-corrected chi connectivity index (χ2v) is 5.68. The van der Waals surface area contributed by atoms with Crippen molar-refractivity contribution in [3.63, 3.8) is 0 Å². The van der Waals surface area contributed by atoms with Gasteiger partial charge in [-0.2, -0.15) is 5.10 Å². The molecular weight excluding hydrogens is 330 g/mol. The van der Waals surface area contributed by atoms with Crippen LogP contribution in [0.25, 0.3) is 17.1 Å². The number of aryl methyl sites for hydroxylation is 1. The van der Waals surface area contributed by atoms with Crippen LogP contribution >= 0.6 is 0 Å². The molecule has 7 heteroatoms. The maximum absolute atomic E-state index is 12.6. The highest BCUT2D eigenvalue weighted by Gasteiger charge is 2.20. The van der Waals surface area contributed by atoms with E-state index in [1.54, 1.807) is 17.8 Å². The van der Waals surface area contributed by atoms with E-state index in [9.17, 15) is 4.79 Å². The zero-order valence-electron chi connectivity index (χ0n) is 14.9. The SMILES string of the molecule is C#Cc1c(C/C=C\C)[nH]c(=O)n1-c1ncnn2cc(C(=C)OC)c(C)c12. The molecule has 132 valence electrons. The van der Waals surface area contributed by atoms with Crippen molar-refractivity contribution in [2.75, 3.05) is 7.11 Å². The minimum Gasteiger partial charge on any atom is -0.497 e. The monoisotopic (exact) mass is 349 g/mol.